The Balaban J connectivity index is 2.26. The molecule has 1 aromatic heterocycles. The molecule has 22 heavy (non-hydrogen) atoms. The van der Waals surface area contributed by atoms with Gasteiger partial charge in [0.15, 0.2) is 0 Å². The Labute approximate surface area is 135 Å². The van der Waals surface area contributed by atoms with E-state index >= 15 is 0 Å². The van der Waals surface area contributed by atoms with Gasteiger partial charge in [0.25, 0.3) is 10.0 Å². The van der Waals surface area contributed by atoms with E-state index in [2.05, 4.69) is 19.4 Å². The summed E-state index contributed by atoms with van der Waals surface area (Å²) < 4.78 is 44.2. The van der Waals surface area contributed by atoms with Crippen molar-refractivity contribution in [2.75, 3.05) is 23.1 Å². The van der Waals surface area contributed by atoms with Crippen LogP contribution in [0.25, 0.3) is 0 Å². The number of aromatic nitrogens is 2. The lowest BCUT2D eigenvalue weighted by Gasteiger charge is -2.11. The number of benzene rings is 1. The van der Waals surface area contributed by atoms with Crippen molar-refractivity contribution in [2.24, 2.45) is 5.73 Å². The number of hydrogen-bond donors (Lipinski definition) is 3. The van der Waals surface area contributed by atoms with Crippen LogP contribution < -0.4 is 15.8 Å². The Hall–Kier alpha value is -1.49. The van der Waals surface area contributed by atoms with Crippen LogP contribution in [0.2, 0.25) is 5.02 Å². The van der Waals surface area contributed by atoms with Gasteiger partial charge >= 0.3 is 0 Å². The first kappa shape index (κ1) is 16.9. The molecule has 2 aromatic rings. The van der Waals surface area contributed by atoms with Crippen molar-refractivity contribution in [3.8, 4) is 0 Å². The first-order valence-corrected chi connectivity index (χ1v) is 8.80. The summed E-state index contributed by atoms with van der Waals surface area (Å²) in [6, 6.07) is 2.08. The van der Waals surface area contributed by atoms with Crippen LogP contribution in [0.4, 0.5) is 15.2 Å². The number of nitrogens with zero attached hydrogens (tertiary/aromatic N) is 2. The van der Waals surface area contributed by atoms with Crippen molar-refractivity contribution in [3.05, 3.63) is 29.3 Å². The van der Waals surface area contributed by atoms with E-state index in [9.17, 15) is 12.8 Å². The fourth-order valence-corrected chi connectivity index (χ4v) is 3.63. The normalized spacial score (nSPS) is 11.4. The van der Waals surface area contributed by atoms with E-state index in [-0.39, 0.29) is 10.2 Å². The lowest BCUT2D eigenvalue weighted by Crippen LogP contribution is -2.15. The predicted molar refractivity (Wildman–Crippen MR) is 84.3 cm³/mol. The molecule has 1 aromatic carbocycles. The lowest BCUT2D eigenvalue weighted by molar-refractivity contribution is 0.570. The number of anilines is 2. The molecule has 0 saturated carbocycles. The maximum atomic E-state index is 14.1. The maximum Gasteiger partial charge on any atom is 0.266 e. The Morgan fingerprint density at radius 2 is 2.18 bits per heavy atom. The third kappa shape index (κ3) is 4.03. The second-order valence-corrected chi connectivity index (χ2v) is 7.02. The second kappa shape index (κ2) is 7.18. The van der Waals surface area contributed by atoms with Gasteiger partial charge < -0.3 is 11.1 Å². The zero-order valence-corrected chi connectivity index (χ0v) is 13.6. The number of nitrogens with two attached hydrogens (primary N) is 1. The molecule has 0 saturated heterocycles. The molecule has 0 spiro atoms. The summed E-state index contributed by atoms with van der Waals surface area (Å²) in [6.07, 6.45) is 1.87. The van der Waals surface area contributed by atoms with Crippen LogP contribution in [0.3, 0.4) is 0 Å². The highest BCUT2D eigenvalue weighted by molar-refractivity contribution is 7.93. The Morgan fingerprint density at radius 3 is 2.82 bits per heavy atom. The molecule has 0 radical (unpaired) electrons. The Bertz CT molecular complexity index is 739. The number of halogens is 2. The van der Waals surface area contributed by atoms with Crippen LogP contribution in [0.15, 0.2) is 23.4 Å². The van der Waals surface area contributed by atoms with Gasteiger partial charge in [-0.25, -0.2) is 17.8 Å². The van der Waals surface area contributed by atoms with E-state index in [1.807, 2.05) is 0 Å². The number of hydrogen-bond acceptors (Lipinski definition) is 7. The lowest BCUT2D eigenvalue weighted by atomic mass is 10.3. The highest BCUT2D eigenvalue weighted by atomic mass is 35.5. The van der Waals surface area contributed by atoms with Crippen molar-refractivity contribution in [1.82, 2.24) is 9.36 Å². The molecule has 0 bridgehead atoms. The first-order chi connectivity index (χ1) is 10.4. The molecule has 0 amide bonds. The summed E-state index contributed by atoms with van der Waals surface area (Å²) in [6.45, 7) is 0.982. The number of nitrogens with one attached hydrogen (secondary N) is 2. The van der Waals surface area contributed by atoms with E-state index in [1.54, 1.807) is 0 Å². The molecule has 0 aliphatic carbocycles. The van der Waals surface area contributed by atoms with E-state index in [4.69, 9.17) is 17.3 Å². The van der Waals surface area contributed by atoms with Gasteiger partial charge in [-0.2, -0.15) is 4.37 Å². The largest absolute Gasteiger partial charge is 0.384 e. The van der Waals surface area contributed by atoms with Crippen LogP contribution in [0.1, 0.15) is 6.42 Å². The van der Waals surface area contributed by atoms with Crippen molar-refractivity contribution in [1.29, 1.82) is 0 Å². The topological polar surface area (TPSA) is 110 Å². The molecule has 0 aliphatic heterocycles. The molecule has 0 aliphatic rings. The SMILES string of the molecule is NCCCNc1cc(F)c(S(=O)(=O)Nc2ncns2)cc1Cl. The standard InChI is InChI=1S/C11H13ClFN5O2S2/c12-7-4-10(8(13)5-9(7)15-3-1-2-14)22(19,20)18-11-16-6-17-21-11/h4-6,15H,1-3,14H2,(H,16,17,18). The van der Waals surface area contributed by atoms with E-state index in [0.29, 0.717) is 25.2 Å². The highest BCUT2D eigenvalue weighted by Gasteiger charge is 2.22. The molecule has 0 atom stereocenters. The van der Waals surface area contributed by atoms with Crippen molar-refractivity contribution in [2.45, 2.75) is 11.3 Å². The van der Waals surface area contributed by atoms with Gasteiger partial charge in [-0.15, -0.1) is 0 Å². The fraction of sp³-hybridized carbons (Fsp3) is 0.273. The summed E-state index contributed by atoms with van der Waals surface area (Å²) in [5, 5.41) is 3.03. The zero-order valence-electron chi connectivity index (χ0n) is 11.2. The van der Waals surface area contributed by atoms with Crippen molar-refractivity contribution >= 4 is 44.0 Å². The van der Waals surface area contributed by atoms with Crippen LogP contribution in [0.5, 0.6) is 0 Å². The van der Waals surface area contributed by atoms with Crippen molar-refractivity contribution in [3.63, 3.8) is 0 Å². The van der Waals surface area contributed by atoms with Crippen LogP contribution in [0, 0.1) is 5.82 Å². The van der Waals surface area contributed by atoms with Crippen molar-refractivity contribution < 1.29 is 12.8 Å². The average Bonchev–Trinajstić information content (AvgIpc) is 2.94. The minimum Gasteiger partial charge on any atom is -0.384 e. The predicted octanol–water partition coefficient (Wildman–Crippen LogP) is 1.89. The third-order valence-corrected chi connectivity index (χ3v) is 4.97. The molecule has 11 heteroatoms. The zero-order chi connectivity index (χ0) is 16.2. The monoisotopic (exact) mass is 365 g/mol. The quantitative estimate of drug-likeness (QED) is 0.646. The van der Waals surface area contributed by atoms with Crippen LogP contribution in [-0.4, -0.2) is 30.9 Å². The maximum absolute atomic E-state index is 14.1. The molecule has 1 heterocycles. The van der Waals surface area contributed by atoms with Gasteiger partial charge in [0.05, 0.1) is 10.7 Å². The molecular weight excluding hydrogens is 353 g/mol. The van der Waals surface area contributed by atoms with E-state index in [0.717, 1.165) is 23.7 Å². The smallest absolute Gasteiger partial charge is 0.266 e. The van der Waals surface area contributed by atoms with Gasteiger partial charge in [0, 0.05) is 18.1 Å². The highest BCUT2D eigenvalue weighted by Crippen LogP contribution is 2.29. The third-order valence-electron chi connectivity index (χ3n) is 2.59. The Kier molecular flexibility index (Phi) is 5.51. The van der Waals surface area contributed by atoms with Gasteiger partial charge in [0.2, 0.25) is 5.13 Å². The molecule has 4 N–H and O–H groups in total. The first-order valence-electron chi connectivity index (χ1n) is 6.16. The van der Waals surface area contributed by atoms with Gasteiger partial charge in [-0.1, -0.05) is 11.6 Å². The molecule has 0 unspecified atom stereocenters. The summed E-state index contributed by atoms with van der Waals surface area (Å²) in [5.41, 5.74) is 5.67. The number of sulfonamides is 1. The van der Waals surface area contributed by atoms with Crippen LogP contribution >= 0.6 is 23.1 Å². The van der Waals surface area contributed by atoms with Gasteiger partial charge in [0.1, 0.15) is 17.0 Å². The summed E-state index contributed by atoms with van der Waals surface area (Å²) in [7, 11) is -4.13. The fourth-order valence-electron chi connectivity index (χ4n) is 1.58. The average molecular weight is 366 g/mol. The Morgan fingerprint density at radius 1 is 1.41 bits per heavy atom. The molecule has 7 nitrogen and oxygen atoms in total. The minimum absolute atomic E-state index is 0.0423. The minimum atomic E-state index is -4.13. The molecule has 0 fully saturated rings. The summed E-state index contributed by atoms with van der Waals surface area (Å²) in [5.74, 6) is -0.920. The van der Waals surface area contributed by atoms with Crippen LogP contribution in [-0.2, 0) is 10.0 Å². The molecule has 2 rings (SSSR count). The summed E-state index contributed by atoms with van der Waals surface area (Å²) in [4.78, 5) is 3.13. The van der Waals surface area contributed by atoms with Gasteiger partial charge in [-0.05, 0) is 25.1 Å². The van der Waals surface area contributed by atoms with E-state index < -0.39 is 20.7 Å². The number of rotatable bonds is 7. The molecular formula is C11H13ClFN5O2S2. The second-order valence-electron chi connectivity index (χ2n) is 4.18. The van der Waals surface area contributed by atoms with Gasteiger partial charge in [-0.3, -0.25) is 4.72 Å². The summed E-state index contributed by atoms with van der Waals surface area (Å²) >= 11 is 6.83. The molecule has 120 valence electrons. The van der Waals surface area contributed by atoms with E-state index in [1.165, 1.54) is 6.33 Å².